The summed E-state index contributed by atoms with van der Waals surface area (Å²) in [7, 11) is 4.85. The third-order valence-corrected chi connectivity index (χ3v) is 14.6. The lowest BCUT2D eigenvalue weighted by Crippen LogP contribution is -2.82. The van der Waals surface area contributed by atoms with E-state index in [1.165, 1.54) is 6.92 Å². The molecule has 13 nitrogen and oxygen atoms in total. The molecule has 2 saturated heterocycles. The molecule has 0 radical (unpaired) electrons. The molecule has 7 bridgehead atoms. The van der Waals surface area contributed by atoms with Gasteiger partial charge in [-0.05, 0) is 43.9 Å². The fourth-order valence-corrected chi connectivity index (χ4v) is 13.2. The number of rotatable bonds is 9. The number of piperidine rings is 1. The van der Waals surface area contributed by atoms with Crippen molar-refractivity contribution < 1.29 is 53.1 Å². The third kappa shape index (κ3) is 4.19. The van der Waals surface area contributed by atoms with Crippen molar-refractivity contribution in [1.29, 1.82) is 0 Å². The Labute approximate surface area is 297 Å². The molecular weight excluding hydrogens is 660 g/mol. The van der Waals surface area contributed by atoms with Crippen molar-refractivity contribution in [2.75, 3.05) is 45.9 Å². The van der Waals surface area contributed by atoms with E-state index in [0.29, 0.717) is 32.4 Å². The number of ether oxygens (including phenoxy) is 5. The number of aliphatic hydroxyl groups is 2. The minimum atomic E-state index is -1.82. The SMILES string of the molecule is CCN1C[C@]2(COC(=O)c3ccccc3N3C(=O)C[C@H](C)C3=O)CC[C@H](OC)C34C1C(O)([C@@H](OC)[C@@H]32)[C@@]1(O)C[C@H](OC)[C@@H]2C[C@H]4[C@@H]1[C@H]2OC(C)=O. The van der Waals surface area contributed by atoms with Gasteiger partial charge in [-0.15, -0.1) is 0 Å². The number of nitrogens with zero attached hydrogens (tertiary/aromatic N) is 2. The third-order valence-electron chi connectivity index (χ3n) is 14.6. The predicted molar refractivity (Wildman–Crippen MR) is 179 cm³/mol. The number of methoxy groups -OCH3 is 3. The van der Waals surface area contributed by atoms with Gasteiger partial charge in [0.1, 0.15) is 17.3 Å². The summed E-state index contributed by atoms with van der Waals surface area (Å²) in [6.07, 6.45) is -0.303. The Hall–Kier alpha value is -2.94. The summed E-state index contributed by atoms with van der Waals surface area (Å²) in [4.78, 5) is 55.9. The highest BCUT2D eigenvalue weighted by molar-refractivity contribution is 6.22. The molecule has 0 aromatic heterocycles. The number of likely N-dealkylation sites (tertiary alicyclic amines) is 1. The Morgan fingerprint density at radius 1 is 1.06 bits per heavy atom. The summed E-state index contributed by atoms with van der Waals surface area (Å²) in [5.41, 5.74) is -4.72. The summed E-state index contributed by atoms with van der Waals surface area (Å²) in [6.45, 7) is 6.10. The number of likely N-dealkylation sites (N-methyl/N-ethyl adjacent to an activating group) is 1. The average Bonchev–Trinajstić information content (AvgIpc) is 3.61. The molecule has 2 N–H and O–H groups in total. The Bertz CT molecular complexity index is 1650. The molecule has 1 spiro atoms. The van der Waals surface area contributed by atoms with Crippen LogP contribution in [0, 0.1) is 40.4 Å². The summed E-state index contributed by atoms with van der Waals surface area (Å²) in [6, 6.07) is 5.95. The van der Waals surface area contributed by atoms with Gasteiger partial charge in [-0.25, -0.2) is 9.69 Å². The first kappa shape index (κ1) is 35.1. The van der Waals surface area contributed by atoms with Crippen LogP contribution in [0.1, 0.15) is 63.2 Å². The van der Waals surface area contributed by atoms with Crippen molar-refractivity contribution in [3.8, 4) is 0 Å². The second-order valence-electron chi connectivity index (χ2n) is 16.3. The summed E-state index contributed by atoms with van der Waals surface area (Å²) in [5.74, 6) is -3.74. The van der Waals surface area contributed by atoms with Gasteiger partial charge in [-0.2, -0.15) is 0 Å². The van der Waals surface area contributed by atoms with E-state index in [-0.39, 0.29) is 60.5 Å². The van der Waals surface area contributed by atoms with Crippen LogP contribution >= 0.6 is 0 Å². The molecule has 278 valence electrons. The number of carbonyl (C=O) groups excluding carboxylic acids is 4. The molecule has 7 fully saturated rings. The van der Waals surface area contributed by atoms with E-state index < -0.39 is 76.1 Å². The second-order valence-corrected chi connectivity index (χ2v) is 16.3. The average molecular weight is 711 g/mol. The molecule has 3 unspecified atom stereocenters. The van der Waals surface area contributed by atoms with Gasteiger partial charge in [-0.3, -0.25) is 19.3 Å². The molecule has 2 heterocycles. The number of carbonyl (C=O) groups is 4. The molecule has 51 heavy (non-hydrogen) atoms. The zero-order chi connectivity index (χ0) is 36.4. The number of esters is 2. The number of anilines is 1. The molecule has 5 saturated carbocycles. The summed E-state index contributed by atoms with van der Waals surface area (Å²) >= 11 is 0. The summed E-state index contributed by atoms with van der Waals surface area (Å²) in [5, 5.41) is 26.7. The summed E-state index contributed by atoms with van der Waals surface area (Å²) < 4.78 is 31.1. The van der Waals surface area contributed by atoms with Crippen LogP contribution in [-0.2, 0) is 38.1 Å². The number of para-hydroxylation sites is 1. The van der Waals surface area contributed by atoms with Crippen molar-refractivity contribution >= 4 is 29.4 Å². The number of amides is 2. The maximum Gasteiger partial charge on any atom is 0.340 e. The largest absolute Gasteiger partial charge is 0.462 e. The van der Waals surface area contributed by atoms with E-state index >= 15 is 0 Å². The lowest BCUT2D eigenvalue weighted by molar-refractivity contribution is -0.319. The topological polar surface area (TPSA) is 161 Å². The van der Waals surface area contributed by atoms with E-state index in [9.17, 15) is 29.4 Å². The molecule has 7 aliphatic rings. The van der Waals surface area contributed by atoms with Crippen molar-refractivity contribution in [1.82, 2.24) is 4.90 Å². The first-order valence-electron chi connectivity index (χ1n) is 18.4. The number of hydrogen-bond donors (Lipinski definition) is 2. The Kier molecular flexibility index (Phi) is 8.11. The first-order valence-corrected chi connectivity index (χ1v) is 18.4. The molecule has 14 atom stereocenters. The van der Waals surface area contributed by atoms with Gasteiger partial charge in [0.2, 0.25) is 11.8 Å². The molecule has 5 aliphatic carbocycles. The van der Waals surface area contributed by atoms with Gasteiger partial charge < -0.3 is 33.9 Å². The van der Waals surface area contributed by atoms with Gasteiger partial charge >= 0.3 is 11.9 Å². The maximum atomic E-state index is 14.1. The molecule has 13 heteroatoms. The highest BCUT2D eigenvalue weighted by Gasteiger charge is 2.92. The van der Waals surface area contributed by atoms with Crippen LogP contribution < -0.4 is 4.90 Å². The molecule has 8 rings (SSSR count). The van der Waals surface area contributed by atoms with Crippen molar-refractivity contribution in [2.24, 2.45) is 40.4 Å². The van der Waals surface area contributed by atoms with E-state index in [2.05, 4.69) is 4.90 Å². The van der Waals surface area contributed by atoms with Gasteiger partial charge in [-0.1, -0.05) is 26.0 Å². The molecule has 1 aromatic carbocycles. The number of imide groups is 1. The van der Waals surface area contributed by atoms with Gasteiger partial charge in [0, 0.05) is 82.1 Å². The normalized spacial score (nSPS) is 46.4. The quantitative estimate of drug-likeness (QED) is 0.284. The van der Waals surface area contributed by atoms with Crippen molar-refractivity contribution in [3.05, 3.63) is 29.8 Å². The van der Waals surface area contributed by atoms with Crippen LogP contribution in [0.2, 0.25) is 0 Å². The zero-order valence-electron chi connectivity index (χ0n) is 30.2. The number of hydrogen-bond acceptors (Lipinski definition) is 12. The Morgan fingerprint density at radius 2 is 1.80 bits per heavy atom. The Morgan fingerprint density at radius 3 is 2.43 bits per heavy atom. The smallest absolute Gasteiger partial charge is 0.340 e. The lowest BCUT2D eigenvalue weighted by Gasteiger charge is -2.70. The van der Waals surface area contributed by atoms with Gasteiger partial charge in [0.15, 0.2) is 0 Å². The fourth-order valence-electron chi connectivity index (χ4n) is 13.2. The predicted octanol–water partition coefficient (Wildman–Crippen LogP) is 1.95. The lowest BCUT2D eigenvalue weighted by atomic mass is 9.42. The van der Waals surface area contributed by atoms with Crippen LogP contribution in [-0.4, -0.2) is 122 Å². The highest BCUT2D eigenvalue weighted by Crippen LogP contribution is 2.80. The van der Waals surface area contributed by atoms with Crippen LogP contribution in [0.25, 0.3) is 0 Å². The van der Waals surface area contributed by atoms with E-state index in [4.69, 9.17) is 23.7 Å². The second kappa shape index (κ2) is 11.8. The minimum absolute atomic E-state index is 0.0201. The van der Waals surface area contributed by atoms with Gasteiger partial charge in [0.05, 0.1) is 42.2 Å². The van der Waals surface area contributed by atoms with E-state index in [1.54, 1.807) is 52.5 Å². The number of fused-ring (bicyclic) bond motifs is 2. The first-order chi connectivity index (χ1) is 24.3. The van der Waals surface area contributed by atoms with Crippen LogP contribution in [0.3, 0.4) is 0 Å². The minimum Gasteiger partial charge on any atom is -0.462 e. The van der Waals surface area contributed by atoms with Crippen LogP contribution in [0.5, 0.6) is 0 Å². The van der Waals surface area contributed by atoms with Crippen molar-refractivity contribution in [2.45, 2.75) is 94.5 Å². The Balaban J connectivity index is 1.24. The van der Waals surface area contributed by atoms with E-state index in [1.807, 2.05) is 6.92 Å². The van der Waals surface area contributed by atoms with Gasteiger partial charge in [0.25, 0.3) is 0 Å². The monoisotopic (exact) mass is 710 g/mol. The maximum absolute atomic E-state index is 14.1. The fraction of sp³-hybridized carbons (Fsp3) is 0.737. The number of benzene rings is 1. The van der Waals surface area contributed by atoms with Crippen LogP contribution in [0.15, 0.2) is 24.3 Å². The van der Waals surface area contributed by atoms with Crippen LogP contribution in [0.4, 0.5) is 5.69 Å². The molecular formula is C38H50N2O11. The zero-order valence-corrected chi connectivity index (χ0v) is 30.2. The molecule has 2 aliphatic heterocycles. The standard InChI is InChI=1S/C38H50N2O11/c1-7-39-17-35(18-50-33(44)21-10-8-9-11-24(21)40-27(42)14-19(2)32(40)43)13-12-26(48-5)37-23-15-22-25(47-4)16-36(45,28(23)29(22)51-20(3)41)38(46,34(37)39)31(49-6)30(35)37/h8-11,19,22-23,25-26,28-31,34,45-46H,7,12-18H2,1-6H3/t19-,22-,23-,25-,26-,28+,29-,30+,31-,34?,35-,36+,37?,38?/m0/s1. The molecule has 1 aromatic rings. The highest BCUT2D eigenvalue weighted by atomic mass is 16.6. The van der Waals surface area contributed by atoms with Crippen molar-refractivity contribution in [3.63, 3.8) is 0 Å². The van der Waals surface area contributed by atoms with E-state index in [0.717, 1.165) is 4.90 Å². The molecule has 2 amide bonds.